The van der Waals surface area contributed by atoms with Crippen molar-refractivity contribution in [3.05, 3.63) is 0 Å². The zero-order valence-electron chi connectivity index (χ0n) is 9.35. The lowest BCUT2D eigenvalue weighted by molar-refractivity contribution is -0.128. The van der Waals surface area contributed by atoms with Crippen molar-refractivity contribution in [3.8, 4) is 0 Å². The Morgan fingerprint density at radius 2 is 2.33 bits per heavy atom. The summed E-state index contributed by atoms with van der Waals surface area (Å²) in [5.41, 5.74) is 0. The highest BCUT2D eigenvalue weighted by molar-refractivity contribution is 5.79. The molecule has 2 fully saturated rings. The topological polar surface area (TPSA) is 43.8 Å². The molecule has 2 unspecified atom stereocenters. The average Bonchev–Trinajstić information content (AvgIpc) is 2.74. The quantitative estimate of drug-likeness (QED) is 0.719. The number of aliphatic hydroxyl groups is 1. The Morgan fingerprint density at radius 1 is 1.53 bits per heavy atom. The minimum absolute atomic E-state index is 0.116. The highest BCUT2D eigenvalue weighted by Crippen LogP contribution is 2.20. The van der Waals surface area contributed by atoms with Gasteiger partial charge in [-0.25, -0.2) is 0 Å². The van der Waals surface area contributed by atoms with Crippen molar-refractivity contribution in [2.45, 2.75) is 38.3 Å². The van der Waals surface area contributed by atoms with Crippen molar-refractivity contribution in [3.63, 3.8) is 0 Å². The van der Waals surface area contributed by atoms with E-state index in [0.29, 0.717) is 19.0 Å². The number of likely N-dealkylation sites (N-methyl/N-ethyl adjacent to an activating group) is 1. The zero-order chi connectivity index (χ0) is 10.8. The van der Waals surface area contributed by atoms with E-state index in [2.05, 4.69) is 11.8 Å². The monoisotopic (exact) mass is 212 g/mol. The van der Waals surface area contributed by atoms with Gasteiger partial charge in [-0.1, -0.05) is 6.92 Å². The molecule has 0 saturated carbocycles. The molecule has 1 N–H and O–H groups in total. The van der Waals surface area contributed by atoms with E-state index in [1.54, 1.807) is 0 Å². The predicted molar refractivity (Wildman–Crippen MR) is 57.5 cm³/mol. The lowest BCUT2D eigenvalue weighted by atomic mass is 10.2. The molecule has 0 radical (unpaired) electrons. The third-order valence-corrected chi connectivity index (χ3v) is 3.53. The number of likely N-dealkylation sites (tertiary alicyclic amines) is 2. The maximum atomic E-state index is 11.5. The Labute approximate surface area is 90.9 Å². The summed E-state index contributed by atoms with van der Waals surface area (Å²) >= 11 is 0. The van der Waals surface area contributed by atoms with Crippen LogP contribution in [-0.2, 0) is 4.79 Å². The number of aliphatic hydroxyl groups excluding tert-OH is 1. The van der Waals surface area contributed by atoms with E-state index in [0.717, 1.165) is 19.6 Å². The van der Waals surface area contributed by atoms with Crippen molar-refractivity contribution in [1.82, 2.24) is 9.80 Å². The van der Waals surface area contributed by atoms with Gasteiger partial charge in [-0.3, -0.25) is 9.69 Å². The van der Waals surface area contributed by atoms with Gasteiger partial charge in [0.1, 0.15) is 0 Å². The molecule has 4 heteroatoms. The first-order valence-electron chi connectivity index (χ1n) is 5.90. The molecule has 1 amide bonds. The molecule has 0 aromatic carbocycles. The summed E-state index contributed by atoms with van der Waals surface area (Å²) in [7, 11) is 0. The lowest BCUT2D eigenvalue weighted by Gasteiger charge is -2.27. The number of nitrogens with zero attached hydrogens (tertiary/aromatic N) is 2. The molecule has 2 heterocycles. The fourth-order valence-electron chi connectivity index (χ4n) is 2.70. The molecule has 2 atom stereocenters. The first kappa shape index (κ1) is 10.9. The Kier molecular flexibility index (Phi) is 3.26. The molecule has 2 aliphatic heterocycles. The molecule has 2 saturated heterocycles. The van der Waals surface area contributed by atoms with E-state index in [9.17, 15) is 9.90 Å². The van der Waals surface area contributed by atoms with E-state index in [1.165, 1.54) is 12.8 Å². The van der Waals surface area contributed by atoms with Gasteiger partial charge in [-0.15, -0.1) is 0 Å². The molecule has 4 nitrogen and oxygen atoms in total. The fraction of sp³-hybridized carbons (Fsp3) is 0.909. The lowest BCUT2D eigenvalue weighted by Crippen LogP contribution is -2.41. The molecule has 0 spiro atoms. The molecule has 2 aliphatic rings. The molecule has 0 bridgehead atoms. The summed E-state index contributed by atoms with van der Waals surface area (Å²) in [4.78, 5) is 15.8. The van der Waals surface area contributed by atoms with Crippen LogP contribution in [0.15, 0.2) is 0 Å². The Bertz CT molecular complexity index is 245. The molecule has 15 heavy (non-hydrogen) atoms. The zero-order valence-corrected chi connectivity index (χ0v) is 9.35. The van der Waals surface area contributed by atoms with Crippen LogP contribution in [0.25, 0.3) is 0 Å². The van der Waals surface area contributed by atoms with Gasteiger partial charge in [0, 0.05) is 19.1 Å². The summed E-state index contributed by atoms with van der Waals surface area (Å²) in [6, 6.07) is 0.518. The first-order valence-corrected chi connectivity index (χ1v) is 5.90. The van der Waals surface area contributed by atoms with Gasteiger partial charge in [-0.2, -0.15) is 0 Å². The van der Waals surface area contributed by atoms with Crippen molar-refractivity contribution >= 4 is 5.91 Å². The highest BCUT2D eigenvalue weighted by Gasteiger charge is 2.32. The third-order valence-electron chi connectivity index (χ3n) is 3.53. The van der Waals surface area contributed by atoms with Crippen LogP contribution in [0.5, 0.6) is 0 Å². The summed E-state index contributed by atoms with van der Waals surface area (Å²) in [6.07, 6.45) is 2.31. The van der Waals surface area contributed by atoms with Crippen LogP contribution < -0.4 is 0 Å². The number of hydrogen-bond acceptors (Lipinski definition) is 3. The summed E-state index contributed by atoms with van der Waals surface area (Å²) in [5.74, 6) is 0.116. The average molecular weight is 212 g/mol. The van der Waals surface area contributed by atoms with Crippen molar-refractivity contribution in [2.75, 3.05) is 26.2 Å². The molecule has 0 aliphatic carbocycles. The Hall–Kier alpha value is -0.610. The normalized spacial score (nSPS) is 32.9. The van der Waals surface area contributed by atoms with Gasteiger partial charge < -0.3 is 10.0 Å². The SMILES string of the molecule is CCN1CCCC1CN1CC(O)CC1=O. The standard InChI is InChI=1S/C11H20N2O2/c1-2-12-5-3-4-9(12)7-13-8-10(14)6-11(13)15/h9-10,14H,2-8H2,1H3. The van der Waals surface area contributed by atoms with Gasteiger partial charge in [0.2, 0.25) is 5.91 Å². The highest BCUT2D eigenvalue weighted by atomic mass is 16.3. The largest absolute Gasteiger partial charge is 0.391 e. The number of carbonyl (C=O) groups is 1. The summed E-state index contributed by atoms with van der Waals surface area (Å²) < 4.78 is 0. The van der Waals surface area contributed by atoms with Crippen molar-refractivity contribution < 1.29 is 9.90 Å². The smallest absolute Gasteiger partial charge is 0.225 e. The minimum Gasteiger partial charge on any atom is -0.391 e. The second-order valence-electron chi connectivity index (χ2n) is 4.58. The number of carbonyl (C=O) groups excluding carboxylic acids is 1. The second kappa shape index (κ2) is 4.49. The fourth-order valence-corrected chi connectivity index (χ4v) is 2.70. The number of amides is 1. The van der Waals surface area contributed by atoms with Gasteiger partial charge in [0.25, 0.3) is 0 Å². The molecule has 2 rings (SSSR count). The number of hydrogen-bond donors (Lipinski definition) is 1. The van der Waals surface area contributed by atoms with Crippen LogP contribution in [-0.4, -0.2) is 59.1 Å². The van der Waals surface area contributed by atoms with E-state index >= 15 is 0 Å². The van der Waals surface area contributed by atoms with Gasteiger partial charge in [-0.05, 0) is 25.9 Å². The van der Waals surface area contributed by atoms with Gasteiger partial charge >= 0.3 is 0 Å². The van der Waals surface area contributed by atoms with Crippen molar-refractivity contribution in [2.24, 2.45) is 0 Å². The van der Waals surface area contributed by atoms with Gasteiger partial charge in [0.15, 0.2) is 0 Å². The molecule has 0 aromatic rings. The number of rotatable bonds is 3. The van der Waals surface area contributed by atoms with Crippen LogP contribution in [0.4, 0.5) is 0 Å². The van der Waals surface area contributed by atoms with Crippen LogP contribution in [0, 0.1) is 0 Å². The van der Waals surface area contributed by atoms with Crippen LogP contribution in [0.1, 0.15) is 26.2 Å². The molecule has 0 aromatic heterocycles. The van der Waals surface area contributed by atoms with Crippen LogP contribution >= 0.6 is 0 Å². The van der Waals surface area contributed by atoms with E-state index in [1.807, 2.05) is 4.90 Å². The van der Waals surface area contributed by atoms with E-state index in [4.69, 9.17) is 0 Å². The molecule has 86 valence electrons. The van der Waals surface area contributed by atoms with Gasteiger partial charge in [0.05, 0.1) is 12.5 Å². The summed E-state index contributed by atoms with van der Waals surface area (Å²) in [5, 5.41) is 9.39. The van der Waals surface area contributed by atoms with Crippen LogP contribution in [0.2, 0.25) is 0 Å². The predicted octanol–water partition coefficient (Wildman–Crippen LogP) is 0.0639. The van der Waals surface area contributed by atoms with E-state index in [-0.39, 0.29) is 5.91 Å². The second-order valence-corrected chi connectivity index (χ2v) is 4.58. The van der Waals surface area contributed by atoms with Crippen molar-refractivity contribution in [1.29, 1.82) is 0 Å². The maximum Gasteiger partial charge on any atom is 0.225 e. The summed E-state index contributed by atoms with van der Waals surface area (Å²) in [6.45, 7) is 5.73. The Balaban J connectivity index is 1.88. The van der Waals surface area contributed by atoms with Crippen LogP contribution in [0.3, 0.4) is 0 Å². The molecular weight excluding hydrogens is 192 g/mol. The maximum absolute atomic E-state index is 11.5. The minimum atomic E-state index is -0.436. The van der Waals surface area contributed by atoms with E-state index < -0.39 is 6.10 Å². The Morgan fingerprint density at radius 3 is 2.93 bits per heavy atom. The number of β-amino-alcohol motifs (C(OH)–C–C–N with tert-alkyl or cyclic N) is 1. The third kappa shape index (κ3) is 2.32. The molecular formula is C11H20N2O2. The first-order chi connectivity index (χ1) is 7.20.